The van der Waals surface area contributed by atoms with Crippen molar-refractivity contribution in [2.45, 2.75) is 31.2 Å². The summed E-state index contributed by atoms with van der Waals surface area (Å²) in [6.45, 7) is 8.68. The molecule has 0 bridgehead atoms. The SMILES string of the molecule is Cc1cccc(N2CCN(CCC(C)NS(=O)(=O)c3ccc(F)cc3)CC2)c1. The number of hydrogen-bond donors (Lipinski definition) is 1. The molecule has 152 valence electrons. The van der Waals surface area contributed by atoms with E-state index in [4.69, 9.17) is 0 Å². The van der Waals surface area contributed by atoms with Gasteiger partial charge < -0.3 is 4.90 Å². The second kappa shape index (κ2) is 9.03. The lowest BCUT2D eigenvalue weighted by molar-refractivity contribution is 0.248. The second-order valence-electron chi connectivity index (χ2n) is 7.43. The van der Waals surface area contributed by atoms with Gasteiger partial charge >= 0.3 is 0 Å². The zero-order valence-corrected chi connectivity index (χ0v) is 17.3. The van der Waals surface area contributed by atoms with Gasteiger partial charge in [-0.15, -0.1) is 0 Å². The van der Waals surface area contributed by atoms with Gasteiger partial charge in [0.2, 0.25) is 10.0 Å². The minimum Gasteiger partial charge on any atom is -0.369 e. The Morgan fingerprint density at radius 1 is 1.07 bits per heavy atom. The predicted molar refractivity (Wildman–Crippen MR) is 111 cm³/mol. The summed E-state index contributed by atoms with van der Waals surface area (Å²) in [5, 5.41) is 0. The van der Waals surface area contributed by atoms with E-state index in [2.05, 4.69) is 45.7 Å². The van der Waals surface area contributed by atoms with Crippen LogP contribution in [0.5, 0.6) is 0 Å². The molecule has 0 spiro atoms. The van der Waals surface area contributed by atoms with Crippen molar-refractivity contribution in [3.8, 4) is 0 Å². The lowest BCUT2D eigenvalue weighted by Crippen LogP contribution is -2.47. The van der Waals surface area contributed by atoms with Crippen LogP contribution in [0.15, 0.2) is 53.4 Å². The first kappa shape index (κ1) is 20.8. The molecule has 0 saturated carbocycles. The highest BCUT2D eigenvalue weighted by atomic mass is 32.2. The molecule has 1 N–H and O–H groups in total. The Hall–Kier alpha value is -1.96. The predicted octanol–water partition coefficient (Wildman–Crippen LogP) is 3.01. The van der Waals surface area contributed by atoms with E-state index in [0.29, 0.717) is 0 Å². The van der Waals surface area contributed by atoms with E-state index in [1.807, 2.05) is 6.92 Å². The summed E-state index contributed by atoms with van der Waals surface area (Å²) < 4.78 is 40.4. The number of nitrogens with zero attached hydrogens (tertiary/aromatic N) is 2. The minimum atomic E-state index is -3.62. The number of anilines is 1. The van der Waals surface area contributed by atoms with Crippen LogP contribution in [0.2, 0.25) is 0 Å². The van der Waals surface area contributed by atoms with Gasteiger partial charge in [0, 0.05) is 37.9 Å². The molecule has 2 aromatic rings. The van der Waals surface area contributed by atoms with E-state index >= 15 is 0 Å². The molecule has 1 aliphatic rings. The molecule has 1 heterocycles. The van der Waals surface area contributed by atoms with Crippen LogP contribution in [0, 0.1) is 12.7 Å². The molecule has 2 aromatic carbocycles. The fourth-order valence-corrected chi connectivity index (χ4v) is 4.71. The average molecular weight is 406 g/mol. The van der Waals surface area contributed by atoms with Crippen molar-refractivity contribution in [1.29, 1.82) is 0 Å². The summed E-state index contributed by atoms with van der Waals surface area (Å²) in [5.41, 5.74) is 2.53. The van der Waals surface area contributed by atoms with Crippen LogP contribution < -0.4 is 9.62 Å². The molecule has 1 atom stereocenters. The van der Waals surface area contributed by atoms with Crippen molar-refractivity contribution in [3.05, 3.63) is 59.9 Å². The summed E-state index contributed by atoms with van der Waals surface area (Å²) in [4.78, 5) is 4.85. The van der Waals surface area contributed by atoms with Gasteiger partial charge in [-0.25, -0.2) is 17.5 Å². The molecule has 7 heteroatoms. The van der Waals surface area contributed by atoms with Crippen molar-refractivity contribution in [3.63, 3.8) is 0 Å². The van der Waals surface area contributed by atoms with Gasteiger partial charge in [-0.05, 0) is 68.8 Å². The van der Waals surface area contributed by atoms with Gasteiger partial charge in [0.25, 0.3) is 0 Å². The molecule has 1 unspecified atom stereocenters. The smallest absolute Gasteiger partial charge is 0.240 e. The van der Waals surface area contributed by atoms with Crippen molar-refractivity contribution in [1.82, 2.24) is 9.62 Å². The molecule has 1 fully saturated rings. The Bertz CT molecular complexity index is 879. The quantitative estimate of drug-likeness (QED) is 0.769. The van der Waals surface area contributed by atoms with Crippen molar-refractivity contribution in [2.24, 2.45) is 0 Å². The van der Waals surface area contributed by atoms with E-state index in [-0.39, 0.29) is 10.9 Å². The number of benzene rings is 2. The molecular weight excluding hydrogens is 377 g/mol. The zero-order valence-electron chi connectivity index (χ0n) is 16.4. The first-order valence-electron chi connectivity index (χ1n) is 9.65. The average Bonchev–Trinajstić information content (AvgIpc) is 2.67. The lowest BCUT2D eigenvalue weighted by atomic mass is 10.2. The van der Waals surface area contributed by atoms with Gasteiger partial charge in [-0.3, -0.25) is 4.90 Å². The summed E-state index contributed by atoms with van der Waals surface area (Å²) >= 11 is 0. The van der Waals surface area contributed by atoms with Crippen LogP contribution >= 0.6 is 0 Å². The molecule has 0 aliphatic carbocycles. The highest BCUT2D eigenvalue weighted by Gasteiger charge is 2.20. The lowest BCUT2D eigenvalue weighted by Gasteiger charge is -2.36. The Labute approximate surface area is 167 Å². The number of aryl methyl sites for hydroxylation is 1. The molecule has 28 heavy (non-hydrogen) atoms. The number of sulfonamides is 1. The van der Waals surface area contributed by atoms with Crippen LogP contribution in [0.3, 0.4) is 0 Å². The highest BCUT2D eigenvalue weighted by molar-refractivity contribution is 7.89. The number of piperazine rings is 1. The van der Waals surface area contributed by atoms with Crippen LogP contribution in [-0.2, 0) is 10.0 Å². The molecule has 0 radical (unpaired) electrons. The van der Waals surface area contributed by atoms with E-state index in [0.717, 1.165) is 51.3 Å². The first-order valence-corrected chi connectivity index (χ1v) is 11.1. The first-order chi connectivity index (χ1) is 13.3. The molecule has 3 rings (SSSR count). The van der Waals surface area contributed by atoms with Crippen molar-refractivity contribution >= 4 is 15.7 Å². The molecule has 1 aliphatic heterocycles. The maximum atomic E-state index is 13.0. The van der Waals surface area contributed by atoms with Gasteiger partial charge in [0.05, 0.1) is 4.90 Å². The van der Waals surface area contributed by atoms with Crippen LogP contribution in [0.25, 0.3) is 0 Å². The van der Waals surface area contributed by atoms with Gasteiger partial charge in [-0.2, -0.15) is 0 Å². The minimum absolute atomic E-state index is 0.0903. The maximum Gasteiger partial charge on any atom is 0.240 e. The number of halogens is 1. The van der Waals surface area contributed by atoms with E-state index < -0.39 is 15.8 Å². The topological polar surface area (TPSA) is 52.6 Å². The van der Waals surface area contributed by atoms with Gasteiger partial charge in [0.15, 0.2) is 0 Å². The number of nitrogens with one attached hydrogen (secondary N) is 1. The Morgan fingerprint density at radius 2 is 1.75 bits per heavy atom. The number of hydrogen-bond acceptors (Lipinski definition) is 4. The largest absolute Gasteiger partial charge is 0.369 e. The third-order valence-corrected chi connectivity index (χ3v) is 6.70. The standard InChI is InChI=1S/C21H28FN3O2S/c1-17-4-3-5-20(16-17)25-14-12-24(13-15-25)11-10-18(2)23-28(26,27)21-8-6-19(22)7-9-21/h3-9,16,18,23H,10-15H2,1-2H3. The monoisotopic (exact) mass is 405 g/mol. The highest BCUT2D eigenvalue weighted by Crippen LogP contribution is 2.18. The third-order valence-electron chi connectivity index (χ3n) is 5.10. The summed E-state index contributed by atoms with van der Waals surface area (Å²) in [7, 11) is -3.62. The Kier molecular flexibility index (Phi) is 6.69. The summed E-state index contributed by atoms with van der Waals surface area (Å²) in [5.74, 6) is -0.447. The Balaban J connectivity index is 1.45. The molecule has 0 aromatic heterocycles. The van der Waals surface area contributed by atoms with Gasteiger partial charge in [0.1, 0.15) is 5.82 Å². The normalized spacial score (nSPS) is 16.9. The zero-order chi connectivity index (χ0) is 20.1. The number of rotatable bonds is 7. The third kappa shape index (κ3) is 5.53. The van der Waals surface area contributed by atoms with Crippen molar-refractivity contribution < 1.29 is 12.8 Å². The van der Waals surface area contributed by atoms with Gasteiger partial charge in [-0.1, -0.05) is 12.1 Å². The van der Waals surface area contributed by atoms with Crippen molar-refractivity contribution in [2.75, 3.05) is 37.6 Å². The fraction of sp³-hybridized carbons (Fsp3) is 0.429. The second-order valence-corrected chi connectivity index (χ2v) is 9.15. The van der Waals surface area contributed by atoms with Crippen LogP contribution in [0.1, 0.15) is 18.9 Å². The van der Waals surface area contributed by atoms with Crippen LogP contribution in [0.4, 0.5) is 10.1 Å². The molecule has 5 nitrogen and oxygen atoms in total. The van der Waals surface area contributed by atoms with E-state index in [9.17, 15) is 12.8 Å². The molecule has 0 amide bonds. The maximum absolute atomic E-state index is 13.0. The summed E-state index contributed by atoms with van der Waals surface area (Å²) in [6, 6.07) is 13.3. The van der Waals surface area contributed by atoms with E-state index in [1.165, 1.54) is 23.4 Å². The molecule has 1 saturated heterocycles. The molecular formula is C21H28FN3O2S. The van der Waals surface area contributed by atoms with Crippen LogP contribution in [-0.4, -0.2) is 52.1 Å². The van der Waals surface area contributed by atoms with E-state index in [1.54, 1.807) is 0 Å². The summed E-state index contributed by atoms with van der Waals surface area (Å²) in [6.07, 6.45) is 0.727. The Morgan fingerprint density at radius 3 is 2.39 bits per heavy atom. The fourth-order valence-electron chi connectivity index (χ4n) is 3.44.